The number of para-hydroxylation sites is 1. The van der Waals surface area contributed by atoms with Crippen LogP contribution in [0.2, 0.25) is 0 Å². The number of nitrogens with two attached hydrogens (primary N) is 5. The third kappa shape index (κ3) is 27.2. The van der Waals surface area contributed by atoms with Gasteiger partial charge in [-0.3, -0.25) is 52.9 Å². The standard InChI is InChI=1S/C55H86N16O11/c1-34(49(58)77)67-50(78)35(2)68-53(81)43(17-13-29-64-55(59)60)69-48(76)33-66-47(75)20-7-11-27-62-45(73)18-6-10-26-61-46(74)19-8-12-28-63-52(80)42(16-5-9-25-56)70-54(82)44(30-36-21-23-38(72)24-22-36)71-51(79)40(57)31-37-32-65-41-15-4-3-14-39(37)41/h3-4,14-15,21-24,32,34-35,40,42-44,65,72H,5-13,16-20,25-31,33,56-57H2,1-2H3,(H2,58,77)(H,61,74)(H,62,73)(H,63,80)(H,66,75)(H,67,78)(H,68,81)(H,69,76)(H,70,82)(H,71,79)(H4,59,60,64)/t34-,35-,40-,42-,43-,44-/m0/s1. The van der Waals surface area contributed by atoms with Gasteiger partial charge in [0.15, 0.2) is 5.96 Å². The highest BCUT2D eigenvalue weighted by atomic mass is 16.3. The molecule has 27 nitrogen and oxygen atoms in total. The maximum absolute atomic E-state index is 13.9. The van der Waals surface area contributed by atoms with Crippen molar-refractivity contribution in [2.45, 2.75) is 153 Å². The van der Waals surface area contributed by atoms with Crippen molar-refractivity contribution in [1.29, 1.82) is 0 Å². The van der Waals surface area contributed by atoms with E-state index in [0.29, 0.717) is 89.4 Å². The highest BCUT2D eigenvalue weighted by molar-refractivity contribution is 5.95. The quantitative estimate of drug-likeness (QED) is 0.0168. The lowest BCUT2D eigenvalue weighted by Gasteiger charge is -2.24. The summed E-state index contributed by atoms with van der Waals surface area (Å²) in [5.74, 6) is -5.22. The third-order valence-electron chi connectivity index (χ3n) is 13.1. The topological polar surface area (TPSA) is 457 Å². The zero-order valence-electron chi connectivity index (χ0n) is 47.1. The molecule has 0 aliphatic heterocycles. The molecule has 1 heterocycles. The van der Waals surface area contributed by atoms with Crippen molar-refractivity contribution in [2.24, 2.45) is 33.7 Å². The summed E-state index contributed by atoms with van der Waals surface area (Å²) in [5.41, 5.74) is 30.4. The van der Waals surface area contributed by atoms with Gasteiger partial charge in [0, 0.05) is 69.0 Å². The van der Waals surface area contributed by atoms with Crippen molar-refractivity contribution in [3.05, 3.63) is 65.9 Å². The lowest BCUT2D eigenvalue weighted by molar-refractivity contribution is -0.133. The van der Waals surface area contributed by atoms with Gasteiger partial charge >= 0.3 is 0 Å². The predicted octanol–water partition coefficient (Wildman–Crippen LogP) is -1.91. The molecule has 0 fully saturated rings. The molecule has 27 heteroatoms. The lowest BCUT2D eigenvalue weighted by atomic mass is 10.0. The number of aromatic hydroxyl groups is 1. The van der Waals surface area contributed by atoms with Crippen LogP contribution in [0.1, 0.15) is 115 Å². The third-order valence-corrected chi connectivity index (χ3v) is 13.1. The number of phenols is 1. The molecule has 0 aliphatic rings. The summed E-state index contributed by atoms with van der Waals surface area (Å²) >= 11 is 0. The van der Waals surface area contributed by atoms with E-state index in [1.165, 1.54) is 26.0 Å². The van der Waals surface area contributed by atoms with Gasteiger partial charge in [0.2, 0.25) is 59.1 Å². The van der Waals surface area contributed by atoms with Crippen LogP contribution in [0.4, 0.5) is 0 Å². The van der Waals surface area contributed by atoms with Gasteiger partial charge in [-0.1, -0.05) is 30.3 Å². The first-order valence-electron chi connectivity index (χ1n) is 27.9. The minimum absolute atomic E-state index is 0.0373. The molecule has 0 bridgehead atoms. The average Bonchev–Trinajstić information content (AvgIpc) is 3.84. The van der Waals surface area contributed by atoms with Gasteiger partial charge in [-0.2, -0.15) is 0 Å². The minimum Gasteiger partial charge on any atom is -0.508 e. The van der Waals surface area contributed by atoms with Crippen LogP contribution in [-0.2, 0) is 60.8 Å². The largest absolute Gasteiger partial charge is 0.508 e. The van der Waals surface area contributed by atoms with E-state index in [1.807, 2.05) is 24.3 Å². The van der Waals surface area contributed by atoms with Gasteiger partial charge in [0.05, 0.1) is 12.6 Å². The van der Waals surface area contributed by atoms with E-state index in [0.717, 1.165) is 16.5 Å². The molecule has 82 heavy (non-hydrogen) atoms. The number of carbonyl (C=O) groups excluding carboxylic acids is 10. The van der Waals surface area contributed by atoms with E-state index in [4.69, 9.17) is 28.7 Å². The van der Waals surface area contributed by atoms with Gasteiger partial charge < -0.3 is 86.6 Å². The van der Waals surface area contributed by atoms with E-state index in [1.54, 1.807) is 18.3 Å². The zero-order chi connectivity index (χ0) is 60.4. The number of aromatic amines is 1. The van der Waals surface area contributed by atoms with E-state index in [9.17, 15) is 53.1 Å². The number of primary amides is 1. The number of rotatable bonds is 40. The average molecular weight is 1150 g/mol. The van der Waals surface area contributed by atoms with E-state index in [-0.39, 0.29) is 75.1 Å². The summed E-state index contributed by atoms with van der Waals surface area (Å²) in [4.78, 5) is 135. The molecule has 21 N–H and O–H groups in total. The number of hydrogen-bond acceptors (Lipinski definition) is 14. The van der Waals surface area contributed by atoms with Gasteiger partial charge in [-0.25, -0.2) is 0 Å². The number of benzene rings is 2. The van der Waals surface area contributed by atoms with Crippen LogP contribution in [0.5, 0.6) is 5.75 Å². The van der Waals surface area contributed by atoms with Crippen LogP contribution in [0.15, 0.2) is 59.7 Å². The number of fused-ring (bicyclic) bond motifs is 1. The Morgan fingerprint density at radius 3 is 1.71 bits per heavy atom. The van der Waals surface area contributed by atoms with Crippen LogP contribution in [-0.4, -0.2) is 151 Å². The molecule has 0 radical (unpaired) electrons. The number of aromatic nitrogens is 1. The molecule has 3 aromatic rings. The Labute approximate surface area is 477 Å². The monoisotopic (exact) mass is 1150 g/mol. The number of nitrogens with one attached hydrogen (secondary N) is 10. The second kappa shape index (κ2) is 37.6. The highest BCUT2D eigenvalue weighted by Gasteiger charge is 2.30. The number of H-pyrrole nitrogens is 1. The second-order valence-corrected chi connectivity index (χ2v) is 20.0. The van der Waals surface area contributed by atoms with Crippen LogP contribution in [0.25, 0.3) is 10.9 Å². The fraction of sp³-hybridized carbons (Fsp3) is 0.545. The molecule has 0 saturated heterocycles. The van der Waals surface area contributed by atoms with Crippen LogP contribution >= 0.6 is 0 Å². The number of nitrogens with zero attached hydrogens (tertiary/aromatic N) is 1. The van der Waals surface area contributed by atoms with Gasteiger partial charge in [-0.15, -0.1) is 0 Å². The number of hydrogen-bond donors (Lipinski definition) is 16. The number of phenolic OH excluding ortho intramolecular Hbond substituents is 1. The van der Waals surface area contributed by atoms with E-state index >= 15 is 0 Å². The molecule has 6 atom stereocenters. The molecule has 0 saturated carbocycles. The van der Waals surface area contributed by atoms with Crippen molar-refractivity contribution < 1.29 is 53.1 Å². The van der Waals surface area contributed by atoms with Gasteiger partial charge in [0.1, 0.15) is 36.0 Å². The molecule has 2 aromatic carbocycles. The fourth-order valence-corrected chi connectivity index (χ4v) is 8.29. The van der Waals surface area contributed by atoms with Crippen LogP contribution < -0.4 is 76.5 Å². The molecule has 10 amide bonds. The molecule has 0 aliphatic carbocycles. The highest BCUT2D eigenvalue weighted by Crippen LogP contribution is 2.19. The zero-order valence-corrected chi connectivity index (χ0v) is 47.1. The van der Waals surface area contributed by atoms with Crippen molar-refractivity contribution in [2.75, 3.05) is 39.3 Å². The van der Waals surface area contributed by atoms with Gasteiger partial charge in [-0.05, 0) is 127 Å². The number of amides is 10. The maximum atomic E-state index is 13.9. The lowest BCUT2D eigenvalue weighted by Crippen LogP contribution is -2.56. The van der Waals surface area contributed by atoms with Crippen molar-refractivity contribution in [1.82, 2.24) is 52.8 Å². The first-order chi connectivity index (χ1) is 39.2. The summed E-state index contributed by atoms with van der Waals surface area (Å²) in [6.07, 6.45) is 7.41. The van der Waals surface area contributed by atoms with Crippen LogP contribution in [0.3, 0.4) is 0 Å². The Kier molecular flexibility index (Phi) is 31.1. The fourth-order valence-electron chi connectivity index (χ4n) is 8.29. The van der Waals surface area contributed by atoms with Crippen molar-refractivity contribution in [3.8, 4) is 5.75 Å². The molecule has 0 unspecified atom stereocenters. The summed E-state index contributed by atoms with van der Waals surface area (Å²) in [5, 5.41) is 34.8. The smallest absolute Gasteiger partial charge is 0.243 e. The number of guanidine groups is 1. The molecule has 1 aromatic heterocycles. The van der Waals surface area contributed by atoms with E-state index in [2.05, 4.69) is 57.8 Å². The molecular weight excluding hydrogens is 1060 g/mol. The van der Waals surface area contributed by atoms with Crippen molar-refractivity contribution in [3.63, 3.8) is 0 Å². The SMILES string of the molecule is C[C@H](NC(=O)[C@H](C)NC(=O)[C@H](CCCN=C(N)N)NC(=O)CNC(=O)CCCCNC(=O)CCCCNC(=O)CCCCNC(=O)[C@H](CCCCN)NC(=O)[C@H](Cc1ccc(O)cc1)NC(=O)[C@@H](N)Cc1c[nH]c2ccccc12)C(N)=O. The Hall–Kier alpha value is -8.33. The summed E-state index contributed by atoms with van der Waals surface area (Å²) in [6.45, 7) is 3.86. The predicted molar refractivity (Wildman–Crippen MR) is 308 cm³/mol. The number of aliphatic imine (C=N–C) groups is 1. The molecule has 0 spiro atoms. The maximum Gasteiger partial charge on any atom is 0.243 e. The molecule has 452 valence electrons. The second-order valence-electron chi connectivity index (χ2n) is 20.0. The minimum atomic E-state index is -1.11. The normalized spacial score (nSPS) is 13.1. The first kappa shape index (κ1) is 67.9. The Morgan fingerprint density at radius 1 is 0.549 bits per heavy atom. The first-order valence-corrected chi connectivity index (χ1v) is 27.9. The van der Waals surface area contributed by atoms with Crippen LogP contribution in [0, 0.1) is 0 Å². The Bertz CT molecular complexity index is 2590. The summed E-state index contributed by atoms with van der Waals surface area (Å²) in [6, 6.07) is 7.67. The summed E-state index contributed by atoms with van der Waals surface area (Å²) < 4.78 is 0. The number of carbonyl (C=O) groups is 10. The van der Waals surface area contributed by atoms with Crippen molar-refractivity contribution >= 4 is 75.9 Å². The van der Waals surface area contributed by atoms with Gasteiger partial charge in [0.25, 0.3) is 0 Å². The molecule has 3 rings (SSSR count). The Balaban J connectivity index is 1.31. The molecular formula is C55H86N16O11. The Morgan fingerprint density at radius 2 is 1.10 bits per heavy atom. The van der Waals surface area contributed by atoms with E-state index < -0.39 is 90.1 Å². The summed E-state index contributed by atoms with van der Waals surface area (Å²) in [7, 11) is 0. The number of unbranched alkanes of at least 4 members (excludes halogenated alkanes) is 4.